The maximum absolute atomic E-state index is 10.1. The molecule has 0 atom stereocenters. The van der Waals surface area contributed by atoms with Crippen LogP contribution in [0.3, 0.4) is 0 Å². The predicted octanol–water partition coefficient (Wildman–Crippen LogP) is 0.169. The highest BCUT2D eigenvalue weighted by Gasteiger charge is 2.19. The van der Waals surface area contributed by atoms with Crippen LogP contribution in [0.25, 0.3) is 0 Å². The number of nitrogens with one attached hydrogen (secondary N) is 2. The molecule has 46 valence electrons. The van der Waals surface area contributed by atoms with Crippen molar-refractivity contribution in [2.45, 2.75) is 0 Å². The van der Waals surface area contributed by atoms with Gasteiger partial charge in [-0.15, -0.1) is 0 Å². The molecule has 1 heterocycles. The molecule has 0 amide bonds. The number of carbonyl (C=O) groups is 1. The smallest absolute Gasteiger partial charge is 0.354 e. The van der Waals surface area contributed by atoms with Crippen LogP contribution in [0.15, 0.2) is 0 Å². The summed E-state index contributed by atoms with van der Waals surface area (Å²) in [6.07, 6.45) is 0. The lowest BCUT2D eigenvalue weighted by molar-refractivity contribution is 0.220. The lowest BCUT2D eigenvalue weighted by Gasteiger charge is -2.00. The van der Waals surface area contributed by atoms with Crippen LogP contribution >= 0.6 is 8.22 Å². The molecule has 4 nitrogen and oxygen atoms in total. The van der Waals surface area contributed by atoms with E-state index in [2.05, 4.69) is 10.2 Å². The monoisotopic (exact) mass is 134 g/mol. The number of hydrogen-bond acceptors (Lipinski definition) is 3. The van der Waals surface area contributed by atoms with Crippen molar-refractivity contribution in [1.82, 2.24) is 10.2 Å². The van der Waals surface area contributed by atoms with Gasteiger partial charge in [-0.3, -0.25) is 10.2 Å². The second kappa shape index (κ2) is 2.40. The van der Waals surface area contributed by atoms with E-state index in [-0.39, 0.29) is 0 Å². The minimum Gasteiger partial charge on any atom is -0.476 e. The molecule has 0 aromatic rings. The van der Waals surface area contributed by atoms with Gasteiger partial charge >= 0.3 is 5.71 Å². The normalized spacial score (nSPS) is 21.5. The van der Waals surface area contributed by atoms with Gasteiger partial charge in [0.25, 0.3) is 0 Å². The zero-order valence-corrected chi connectivity index (χ0v) is 5.11. The molecule has 0 unspecified atom stereocenters. The van der Waals surface area contributed by atoms with Gasteiger partial charge in [-0.1, -0.05) is 0 Å². The highest BCUT2D eigenvalue weighted by Crippen LogP contribution is 2.27. The van der Waals surface area contributed by atoms with E-state index >= 15 is 0 Å². The van der Waals surface area contributed by atoms with Crippen LogP contribution < -0.4 is 10.2 Å². The highest BCUT2D eigenvalue weighted by molar-refractivity contribution is 7.70. The summed E-state index contributed by atoms with van der Waals surface area (Å²) in [6.45, 7) is 1.55. The van der Waals surface area contributed by atoms with E-state index in [9.17, 15) is 4.79 Å². The lowest BCUT2D eigenvalue weighted by Crippen LogP contribution is -2.07. The van der Waals surface area contributed by atoms with Gasteiger partial charge in [0.1, 0.15) is 0 Å². The molecule has 1 fully saturated rings. The summed E-state index contributed by atoms with van der Waals surface area (Å²) in [5.41, 5.74) is -0.766. The zero-order chi connectivity index (χ0) is 5.98. The first-order valence-corrected chi connectivity index (χ1v) is 3.65. The van der Waals surface area contributed by atoms with Crippen molar-refractivity contribution in [3.63, 3.8) is 0 Å². The van der Waals surface area contributed by atoms with Gasteiger partial charge in [-0.25, -0.2) is 4.79 Å². The van der Waals surface area contributed by atoms with Crippen LogP contribution in [0.1, 0.15) is 0 Å². The van der Waals surface area contributed by atoms with Gasteiger partial charge in [-0.2, -0.15) is 0 Å². The maximum atomic E-state index is 10.1. The van der Waals surface area contributed by atoms with Crippen molar-refractivity contribution in [3.05, 3.63) is 0 Å². The quantitative estimate of drug-likeness (QED) is 0.447. The molecule has 1 saturated heterocycles. The minimum atomic E-state index is -1.09. The van der Waals surface area contributed by atoms with Gasteiger partial charge < -0.3 is 5.11 Å². The fourth-order valence-electron chi connectivity index (χ4n) is 0.527. The topological polar surface area (TPSA) is 61.4 Å². The summed E-state index contributed by atoms with van der Waals surface area (Å²) in [7, 11) is -1.09. The summed E-state index contributed by atoms with van der Waals surface area (Å²) in [6, 6.07) is 0. The molecular formula is C3H7N2O2P. The number of hydrogen-bond donors (Lipinski definition) is 3. The summed E-state index contributed by atoms with van der Waals surface area (Å²) >= 11 is 0. The Bertz CT molecular complexity index is 101. The third kappa shape index (κ3) is 1.15. The first-order valence-electron chi connectivity index (χ1n) is 2.31. The second-order valence-corrected chi connectivity index (χ2v) is 3.12. The van der Waals surface area contributed by atoms with Crippen LogP contribution in [0.4, 0.5) is 4.79 Å². The molecule has 0 bridgehead atoms. The van der Waals surface area contributed by atoms with Crippen molar-refractivity contribution in [1.29, 1.82) is 0 Å². The highest BCUT2D eigenvalue weighted by atomic mass is 31.1. The molecule has 0 aromatic heterocycles. The van der Waals surface area contributed by atoms with E-state index in [0.717, 1.165) is 13.1 Å². The molecule has 0 aromatic carbocycles. The van der Waals surface area contributed by atoms with E-state index in [0.29, 0.717) is 0 Å². The summed E-state index contributed by atoms with van der Waals surface area (Å²) < 4.78 is 0. The molecular weight excluding hydrogens is 127 g/mol. The second-order valence-electron chi connectivity index (χ2n) is 1.43. The molecule has 0 radical (unpaired) electrons. The molecule has 1 aliphatic heterocycles. The summed E-state index contributed by atoms with van der Waals surface area (Å²) in [4.78, 5) is 10.1. The summed E-state index contributed by atoms with van der Waals surface area (Å²) in [5, 5.41) is 13.9. The van der Waals surface area contributed by atoms with Crippen molar-refractivity contribution < 1.29 is 9.90 Å². The standard InChI is InChI=1S/C3H7N2O2P/c6-3(7)8-4-1-2-5-8/h4-5H,1-2H2,(H,6,7). The average Bonchev–Trinajstić information content (AvgIpc) is 2.12. The molecule has 0 spiro atoms. The molecule has 1 rings (SSSR count). The van der Waals surface area contributed by atoms with E-state index < -0.39 is 13.9 Å². The van der Waals surface area contributed by atoms with Gasteiger partial charge in [0.15, 0.2) is 8.22 Å². The number of carboxylic acid groups (broad SMARTS) is 1. The maximum Gasteiger partial charge on any atom is 0.354 e. The fraction of sp³-hybridized carbons (Fsp3) is 0.667. The number of rotatable bonds is 1. The molecule has 0 aliphatic carbocycles. The van der Waals surface area contributed by atoms with Crippen LogP contribution in [-0.4, -0.2) is 23.9 Å². The van der Waals surface area contributed by atoms with Crippen LogP contribution in [0.2, 0.25) is 0 Å². The van der Waals surface area contributed by atoms with Gasteiger partial charge in [0.2, 0.25) is 0 Å². The van der Waals surface area contributed by atoms with Crippen molar-refractivity contribution in [3.8, 4) is 0 Å². The van der Waals surface area contributed by atoms with Crippen molar-refractivity contribution in [2.75, 3.05) is 13.1 Å². The zero-order valence-electron chi connectivity index (χ0n) is 4.22. The molecule has 3 N–H and O–H groups in total. The Balaban J connectivity index is 2.35. The van der Waals surface area contributed by atoms with E-state index in [1.54, 1.807) is 0 Å². The van der Waals surface area contributed by atoms with E-state index in [4.69, 9.17) is 5.11 Å². The van der Waals surface area contributed by atoms with Crippen molar-refractivity contribution >= 4 is 13.9 Å². The molecule has 0 saturated carbocycles. The Morgan fingerprint density at radius 1 is 1.50 bits per heavy atom. The largest absolute Gasteiger partial charge is 0.476 e. The van der Waals surface area contributed by atoms with E-state index in [1.807, 2.05) is 0 Å². The summed E-state index contributed by atoms with van der Waals surface area (Å²) in [5.74, 6) is 0. The molecule has 1 aliphatic rings. The fourth-order valence-corrected chi connectivity index (χ4v) is 1.58. The average molecular weight is 134 g/mol. The lowest BCUT2D eigenvalue weighted by atomic mass is 10.7. The molecule has 5 heteroatoms. The Labute approximate surface area is 48.1 Å². The molecule has 8 heavy (non-hydrogen) atoms. The Kier molecular flexibility index (Phi) is 1.78. The SMILES string of the molecule is O=C(O)P1NCCN1. The van der Waals surface area contributed by atoms with Crippen molar-refractivity contribution in [2.24, 2.45) is 0 Å². The predicted molar refractivity (Wildman–Crippen MR) is 31.0 cm³/mol. The van der Waals surface area contributed by atoms with Gasteiger partial charge in [0, 0.05) is 13.1 Å². The van der Waals surface area contributed by atoms with Crippen LogP contribution in [-0.2, 0) is 0 Å². The Morgan fingerprint density at radius 2 is 2.00 bits per heavy atom. The van der Waals surface area contributed by atoms with Gasteiger partial charge in [0.05, 0.1) is 0 Å². The van der Waals surface area contributed by atoms with Crippen LogP contribution in [0, 0.1) is 0 Å². The Hall–Kier alpha value is -0.180. The first kappa shape index (κ1) is 5.95. The van der Waals surface area contributed by atoms with Crippen LogP contribution in [0.5, 0.6) is 0 Å². The first-order chi connectivity index (χ1) is 3.80. The third-order valence-corrected chi connectivity index (χ3v) is 2.32. The van der Waals surface area contributed by atoms with Gasteiger partial charge in [-0.05, 0) is 0 Å². The Morgan fingerprint density at radius 3 is 2.25 bits per heavy atom. The minimum absolute atomic E-state index is 0.766. The van der Waals surface area contributed by atoms with E-state index in [1.165, 1.54) is 0 Å². The third-order valence-electron chi connectivity index (χ3n) is 0.856.